The summed E-state index contributed by atoms with van der Waals surface area (Å²) in [6.45, 7) is 7.42. The molecule has 0 rings (SSSR count). The van der Waals surface area contributed by atoms with E-state index in [-0.39, 0.29) is 0 Å². The van der Waals surface area contributed by atoms with Gasteiger partial charge in [-0.15, -0.1) is 0 Å². The average Bonchev–Trinajstić information content (AvgIpc) is 2.14. The molecule has 0 aliphatic heterocycles. The van der Waals surface area contributed by atoms with Crippen LogP contribution in [-0.2, 0) is 24.2 Å². The van der Waals surface area contributed by atoms with Crippen molar-refractivity contribution in [3.63, 3.8) is 0 Å². The van der Waals surface area contributed by atoms with E-state index in [0.717, 1.165) is 12.8 Å². The van der Waals surface area contributed by atoms with Crippen molar-refractivity contribution < 1.29 is 34.4 Å². The van der Waals surface area contributed by atoms with Crippen LogP contribution in [0, 0.1) is 0 Å². The van der Waals surface area contributed by atoms with E-state index in [4.69, 9.17) is 7.15 Å². The monoisotopic (exact) mass is 320 g/mol. The molecule has 5 heteroatoms. The summed E-state index contributed by atoms with van der Waals surface area (Å²) >= 11 is -1.79. The van der Waals surface area contributed by atoms with E-state index in [1.807, 2.05) is 0 Å². The van der Waals surface area contributed by atoms with Gasteiger partial charge in [0, 0.05) is 0 Å². The molecule has 4 nitrogen and oxygen atoms in total. The Morgan fingerprint density at radius 3 is 2.19 bits per heavy atom. The van der Waals surface area contributed by atoms with E-state index >= 15 is 0 Å². The molecular weight excluding hydrogens is 297 g/mol. The molecule has 0 aromatic heterocycles. The van der Waals surface area contributed by atoms with Crippen molar-refractivity contribution in [3.8, 4) is 0 Å². The minimum absolute atomic E-state index is 0.631. The van der Waals surface area contributed by atoms with Gasteiger partial charge in [0.25, 0.3) is 0 Å². The molecule has 16 heavy (non-hydrogen) atoms. The van der Waals surface area contributed by atoms with Crippen molar-refractivity contribution in [3.05, 3.63) is 11.6 Å². The van der Waals surface area contributed by atoms with E-state index in [1.54, 1.807) is 13.8 Å². The number of rotatable bonds is 5. The van der Waals surface area contributed by atoms with Crippen LogP contribution < -0.4 is 0 Å². The Labute approximate surface area is 105 Å². The molecule has 1 unspecified atom stereocenters. The molecule has 0 aliphatic carbocycles. The fraction of sp³-hybridized carbons (Fsp3) is 0.818. The van der Waals surface area contributed by atoms with Gasteiger partial charge in [0.15, 0.2) is 0 Å². The average molecular weight is 319 g/mol. The van der Waals surface area contributed by atoms with Gasteiger partial charge in [-0.2, -0.15) is 0 Å². The van der Waals surface area contributed by atoms with Crippen LogP contribution in [0.1, 0.15) is 47.0 Å². The standard InChI is InChI=1S/C11H22O2.2O.Ru/c1-5-6-9(2)7-8-10(12)11(3,4)13;;;/h6,10,12-13H,5,7-8H2,1-4H3;;;/b9-6+;;;. The third-order valence-electron chi connectivity index (χ3n) is 2.18. The first-order chi connectivity index (χ1) is 7.29. The Morgan fingerprint density at radius 1 is 1.44 bits per heavy atom. The summed E-state index contributed by atoms with van der Waals surface area (Å²) < 4.78 is 16.9. The maximum atomic E-state index is 9.53. The zero-order valence-electron chi connectivity index (χ0n) is 10.3. The molecule has 0 saturated carbocycles. The number of hydrogen-bond donors (Lipinski definition) is 2. The molecule has 0 radical (unpaired) electrons. The quantitative estimate of drug-likeness (QED) is 0.600. The van der Waals surface area contributed by atoms with Crippen LogP contribution in [0.3, 0.4) is 0 Å². The SMILES string of the molecule is CC/C=C(\C)CCC(O)C(C)(C)O.[O]=[Ru]=[O]. The zero-order valence-corrected chi connectivity index (χ0v) is 12.1. The molecule has 0 saturated heterocycles. The van der Waals surface area contributed by atoms with Crippen molar-refractivity contribution in [1.82, 2.24) is 0 Å². The molecular formula is C11H22O4Ru. The summed E-state index contributed by atoms with van der Waals surface area (Å²) in [5.74, 6) is 0. The topological polar surface area (TPSA) is 74.6 Å². The second kappa shape index (κ2) is 10.1. The van der Waals surface area contributed by atoms with Gasteiger partial charge in [-0.1, -0.05) is 18.6 Å². The van der Waals surface area contributed by atoms with Gasteiger partial charge >= 0.3 is 24.2 Å². The van der Waals surface area contributed by atoms with Gasteiger partial charge in [-0.25, -0.2) is 0 Å². The van der Waals surface area contributed by atoms with Crippen LogP contribution in [0.25, 0.3) is 0 Å². The van der Waals surface area contributed by atoms with Gasteiger partial charge in [-0.05, 0) is 40.0 Å². The fourth-order valence-corrected chi connectivity index (χ4v) is 1.17. The van der Waals surface area contributed by atoms with Crippen molar-refractivity contribution in [2.24, 2.45) is 0 Å². The maximum absolute atomic E-state index is 9.53. The third-order valence-corrected chi connectivity index (χ3v) is 2.18. The summed E-state index contributed by atoms with van der Waals surface area (Å²) in [7, 11) is 0. The first-order valence-electron chi connectivity index (χ1n) is 5.22. The molecule has 0 spiro atoms. The van der Waals surface area contributed by atoms with Crippen LogP contribution >= 0.6 is 0 Å². The second-order valence-corrected chi connectivity index (χ2v) is 4.52. The van der Waals surface area contributed by atoms with Crippen LogP contribution in [-0.4, -0.2) is 21.9 Å². The molecule has 0 amide bonds. The summed E-state index contributed by atoms with van der Waals surface area (Å²) in [4.78, 5) is 0. The van der Waals surface area contributed by atoms with Crippen molar-refractivity contribution in [1.29, 1.82) is 0 Å². The number of hydrogen-bond acceptors (Lipinski definition) is 4. The van der Waals surface area contributed by atoms with Crippen molar-refractivity contribution >= 4 is 0 Å². The van der Waals surface area contributed by atoms with Crippen LogP contribution in [0.2, 0.25) is 0 Å². The molecule has 1 atom stereocenters. The fourth-order valence-electron chi connectivity index (χ4n) is 1.17. The van der Waals surface area contributed by atoms with Gasteiger partial charge < -0.3 is 10.2 Å². The predicted octanol–water partition coefficient (Wildman–Crippen LogP) is 2.01. The van der Waals surface area contributed by atoms with E-state index < -0.39 is 28.7 Å². The van der Waals surface area contributed by atoms with Crippen LogP contribution in [0.4, 0.5) is 0 Å². The first-order valence-corrected chi connectivity index (χ1v) is 6.64. The second-order valence-electron chi connectivity index (χ2n) is 4.23. The molecule has 0 bridgehead atoms. The minimum atomic E-state index is -1.79. The number of allylic oxidation sites excluding steroid dienone is 2. The van der Waals surface area contributed by atoms with E-state index in [1.165, 1.54) is 5.57 Å². The summed E-state index contributed by atoms with van der Waals surface area (Å²) in [6, 6.07) is 0. The molecule has 0 aliphatic rings. The molecule has 0 aromatic rings. The third kappa shape index (κ3) is 12.0. The predicted molar refractivity (Wildman–Crippen MR) is 57.0 cm³/mol. The normalized spacial score (nSPS) is 14.0. The van der Waals surface area contributed by atoms with Crippen LogP contribution in [0.5, 0.6) is 0 Å². The Bertz CT molecular complexity index is 237. The van der Waals surface area contributed by atoms with Gasteiger partial charge in [0.1, 0.15) is 0 Å². The van der Waals surface area contributed by atoms with Gasteiger partial charge in [-0.3, -0.25) is 0 Å². The molecule has 0 fully saturated rings. The van der Waals surface area contributed by atoms with Crippen LogP contribution in [0.15, 0.2) is 11.6 Å². The van der Waals surface area contributed by atoms with E-state index in [9.17, 15) is 10.2 Å². The van der Waals surface area contributed by atoms with Crippen molar-refractivity contribution in [2.75, 3.05) is 0 Å². The van der Waals surface area contributed by atoms with Crippen molar-refractivity contribution in [2.45, 2.75) is 58.7 Å². The Hall–Kier alpha value is -0.117. The van der Waals surface area contributed by atoms with E-state index in [0.29, 0.717) is 6.42 Å². The molecule has 98 valence electrons. The first kappa shape index (κ1) is 18.3. The van der Waals surface area contributed by atoms with Gasteiger partial charge in [0.05, 0.1) is 11.7 Å². The van der Waals surface area contributed by atoms with E-state index in [2.05, 4.69) is 19.9 Å². The molecule has 0 heterocycles. The molecule has 2 N–H and O–H groups in total. The molecule has 0 aromatic carbocycles. The number of aliphatic hydroxyl groups excluding tert-OH is 1. The summed E-state index contributed by atoms with van der Waals surface area (Å²) in [5.41, 5.74) is 0.303. The van der Waals surface area contributed by atoms with Gasteiger partial charge in [0.2, 0.25) is 0 Å². The summed E-state index contributed by atoms with van der Waals surface area (Å²) in [6.07, 6.45) is 4.04. The Morgan fingerprint density at radius 2 is 1.88 bits per heavy atom. The Balaban J connectivity index is 0. The zero-order chi connectivity index (χ0) is 13.2. The Kier molecular flexibility index (Phi) is 11.5. The number of aliphatic hydroxyl groups is 2. The summed E-state index contributed by atoms with van der Waals surface area (Å²) in [5, 5.41) is 19.0.